The molecule has 6 fully saturated rings. The molecule has 0 bridgehead atoms. The van der Waals surface area contributed by atoms with E-state index >= 15 is 0 Å². The van der Waals surface area contributed by atoms with Crippen molar-refractivity contribution in [2.24, 2.45) is 0 Å². The second-order valence-electron chi connectivity index (χ2n) is 30.6. The monoisotopic (exact) mass is 1600 g/mol. The number of aliphatic hydroxyl groups excluding tert-OH is 17. The van der Waals surface area contributed by atoms with E-state index in [-0.39, 0.29) is 12.3 Å². The number of aliphatic hydroxyl groups is 17. The molecular weight excluding hydrogens is 1470 g/mol. The fraction of sp³-hybridized carbons (Fsp3) is 0.934. The summed E-state index contributed by atoms with van der Waals surface area (Å²) >= 11 is 0. The van der Waals surface area contributed by atoms with Crippen molar-refractivity contribution in [3.63, 3.8) is 0 Å². The Hall–Kier alpha value is -3.01. The number of unbranched alkanes of at least 4 members (excludes halogenated alkanes) is 25. The topological polar surface area (TPSA) is 542 Å². The standard InChI is InChI=1S/C76H137N3O32/c1-6-8-10-12-14-16-18-20-21-23-25-27-29-31-33-35-52(88)79-45(46(87)34-32-30-28-26-24-22-19-17-15-13-11-9-7-2)41-100-73-63(97)61(95)67(51(40-84)106-73)108-75-64(98)70(58(92)48(37-81)103-75)111-72-54(78-44(5)86)68(56(90)47(36-80)102-72)109-76-65(99)69(57(91)49(38-82)104-76)110-71-53(77-43(4)85)59(93)66(50(39-83)105-71)107-74-62(96)60(94)55(89)42(3)101-74/h32,34,42,45-51,53-76,80-84,87,89-99H,6-31,33,35-41H2,1-5H3,(H,77,85)(H,78,86)(H,79,88)/b34-32+/t42?,45-,46+,47?,48?,49?,50?,51?,53?,54?,55+,56+,57-,58-,59+,60?,61+,62-,63?,64?,65?,66+,67+,68+,69-,70-,71-,72-,73+,74+,75-,76-/m0/s1. The van der Waals surface area contributed by atoms with Crippen molar-refractivity contribution in [1.29, 1.82) is 0 Å². The minimum absolute atomic E-state index is 0.175. The minimum atomic E-state index is -2.26. The van der Waals surface area contributed by atoms with Gasteiger partial charge >= 0.3 is 0 Å². The zero-order chi connectivity index (χ0) is 81.3. The number of hydrogen-bond donors (Lipinski definition) is 20. The lowest BCUT2D eigenvalue weighted by atomic mass is 9.93. The number of carbonyl (C=O) groups is 3. The largest absolute Gasteiger partial charge is 0.394 e. The Morgan fingerprint density at radius 2 is 0.721 bits per heavy atom. The quantitative estimate of drug-likeness (QED) is 0.0246. The van der Waals surface area contributed by atoms with E-state index in [1.54, 1.807) is 6.08 Å². The summed E-state index contributed by atoms with van der Waals surface area (Å²) in [6.45, 7) is 2.37. The Kier molecular flexibility index (Phi) is 44.8. The van der Waals surface area contributed by atoms with Crippen molar-refractivity contribution in [1.82, 2.24) is 16.0 Å². The van der Waals surface area contributed by atoms with Gasteiger partial charge in [0.25, 0.3) is 0 Å². The lowest BCUT2D eigenvalue weighted by Crippen LogP contribution is -2.71. The highest BCUT2D eigenvalue weighted by Gasteiger charge is 2.59. The molecule has 35 nitrogen and oxygen atoms in total. The van der Waals surface area contributed by atoms with Gasteiger partial charge < -0.3 is 160 Å². The number of hydrogen-bond acceptors (Lipinski definition) is 32. The molecule has 0 radical (unpaired) electrons. The van der Waals surface area contributed by atoms with Crippen LogP contribution in [-0.4, -0.2) is 340 Å². The number of allylic oxidation sites excluding steroid dienone is 1. The second-order valence-corrected chi connectivity index (χ2v) is 30.6. The van der Waals surface area contributed by atoms with Crippen LogP contribution in [0.2, 0.25) is 0 Å². The van der Waals surface area contributed by atoms with Crippen LogP contribution in [0.15, 0.2) is 12.2 Å². The van der Waals surface area contributed by atoms with Crippen LogP contribution in [0.5, 0.6) is 0 Å². The van der Waals surface area contributed by atoms with E-state index in [4.69, 9.17) is 56.8 Å². The summed E-state index contributed by atoms with van der Waals surface area (Å²) in [4.78, 5) is 39.3. The molecule has 0 aromatic rings. The van der Waals surface area contributed by atoms with Crippen LogP contribution >= 0.6 is 0 Å². The van der Waals surface area contributed by atoms with Crippen molar-refractivity contribution >= 4 is 17.7 Å². The Balaban J connectivity index is 1.11. The van der Waals surface area contributed by atoms with E-state index in [0.29, 0.717) is 12.8 Å². The molecule has 648 valence electrons. The molecule has 111 heavy (non-hydrogen) atoms. The number of nitrogens with one attached hydrogen (secondary N) is 3. The van der Waals surface area contributed by atoms with E-state index < -0.39 is 248 Å². The number of amides is 3. The first kappa shape index (κ1) is 96.8. The van der Waals surface area contributed by atoms with Crippen LogP contribution in [0.1, 0.15) is 214 Å². The molecule has 35 heteroatoms. The van der Waals surface area contributed by atoms with Gasteiger partial charge in [0, 0.05) is 20.3 Å². The molecule has 12 unspecified atom stereocenters. The van der Waals surface area contributed by atoms with Crippen molar-refractivity contribution in [3.05, 3.63) is 12.2 Å². The Morgan fingerprint density at radius 1 is 0.369 bits per heavy atom. The average molecular weight is 1600 g/mol. The minimum Gasteiger partial charge on any atom is -0.394 e. The highest BCUT2D eigenvalue weighted by Crippen LogP contribution is 2.38. The summed E-state index contributed by atoms with van der Waals surface area (Å²) < 4.78 is 71.3. The van der Waals surface area contributed by atoms with Crippen LogP contribution in [-0.2, 0) is 71.2 Å². The SMILES string of the molecule is CCCCCCCCCCCCC/C=C/[C@@H](O)[C@H](CO[C@@H]1OC(CO)[C@@H](O[C@@H]2OC(CO)[C@H](O)[C@H](O[C@@H]3OC(CO)[C@@H](O)[C@H](O[C@@H]4OC(CO)[C@H](O)[C@H](O[C@@H]5OC(CO)[C@@H](O[C@H]6OC(C)[C@@H](O)C(O)[C@@H]6O)[C@H](O)C5NC(C)=O)C4O)C3NC(C)=O)C2O)[C@H](O)C1O)NC(=O)CCCCCCCCCCCCCCCCC. The van der Waals surface area contributed by atoms with Crippen LogP contribution in [0.3, 0.4) is 0 Å². The first-order chi connectivity index (χ1) is 53.3. The molecule has 0 aliphatic carbocycles. The van der Waals surface area contributed by atoms with Crippen molar-refractivity contribution < 1.29 is 158 Å². The molecule has 6 aliphatic heterocycles. The van der Waals surface area contributed by atoms with Crippen LogP contribution in [0, 0.1) is 0 Å². The van der Waals surface area contributed by atoms with Crippen LogP contribution in [0.25, 0.3) is 0 Å². The molecule has 6 aliphatic rings. The van der Waals surface area contributed by atoms with Gasteiger partial charge in [-0.25, -0.2) is 0 Å². The van der Waals surface area contributed by atoms with Gasteiger partial charge in [-0.3, -0.25) is 14.4 Å². The Labute approximate surface area is 651 Å². The third-order valence-corrected chi connectivity index (χ3v) is 21.7. The molecule has 6 saturated heterocycles. The van der Waals surface area contributed by atoms with E-state index in [9.17, 15) is 101 Å². The van der Waals surface area contributed by atoms with Crippen molar-refractivity contribution in [2.45, 2.75) is 411 Å². The fourth-order valence-electron chi connectivity index (χ4n) is 15.0. The fourth-order valence-corrected chi connectivity index (χ4v) is 15.0. The van der Waals surface area contributed by atoms with E-state index in [1.165, 1.54) is 116 Å². The van der Waals surface area contributed by atoms with E-state index in [0.717, 1.165) is 65.2 Å². The molecule has 0 saturated carbocycles. The summed E-state index contributed by atoms with van der Waals surface area (Å²) in [7, 11) is 0. The maximum atomic E-state index is 13.5. The lowest BCUT2D eigenvalue weighted by Gasteiger charge is -2.51. The number of carbonyl (C=O) groups excluding carboxylic acids is 3. The first-order valence-corrected chi connectivity index (χ1v) is 40.8. The zero-order valence-corrected chi connectivity index (χ0v) is 65.4. The maximum Gasteiger partial charge on any atom is 0.220 e. The molecule has 0 spiro atoms. The average Bonchev–Trinajstić information content (AvgIpc) is 0.769. The van der Waals surface area contributed by atoms with Crippen LogP contribution < -0.4 is 16.0 Å². The summed E-state index contributed by atoms with van der Waals surface area (Å²) in [5, 5.41) is 198. The Bertz CT molecular complexity index is 2580. The van der Waals surface area contributed by atoms with Gasteiger partial charge in [-0.1, -0.05) is 180 Å². The molecule has 0 aromatic carbocycles. The third-order valence-electron chi connectivity index (χ3n) is 21.7. The second kappa shape index (κ2) is 51.4. The molecular formula is C76H137N3O32. The van der Waals surface area contributed by atoms with Crippen molar-refractivity contribution in [3.8, 4) is 0 Å². The highest BCUT2D eigenvalue weighted by molar-refractivity contribution is 5.76. The van der Waals surface area contributed by atoms with Gasteiger partial charge in [-0.2, -0.15) is 0 Å². The van der Waals surface area contributed by atoms with E-state index in [2.05, 4.69) is 29.8 Å². The summed E-state index contributed by atoms with van der Waals surface area (Å²) in [6.07, 6.45) is -19.5. The van der Waals surface area contributed by atoms with Gasteiger partial charge in [0.05, 0.1) is 57.9 Å². The summed E-state index contributed by atoms with van der Waals surface area (Å²) in [6, 6.07) is -4.64. The predicted octanol–water partition coefficient (Wildman–Crippen LogP) is -1.40. The van der Waals surface area contributed by atoms with Crippen molar-refractivity contribution in [2.75, 3.05) is 39.6 Å². The van der Waals surface area contributed by atoms with Gasteiger partial charge in [-0.15, -0.1) is 0 Å². The van der Waals surface area contributed by atoms with Gasteiger partial charge in [-0.05, 0) is 26.2 Å². The first-order valence-electron chi connectivity index (χ1n) is 40.8. The van der Waals surface area contributed by atoms with Gasteiger partial charge in [0.1, 0.15) is 140 Å². The van der Waals surface area contributed by atoms with Crippen LogP contribution in [0.4, 0.5) is 0 Å². The molecule has 3 amide bonds. The molecule has 0 aromatic heterocycles. The van der Waals surface area contributed by atoms with E-state index in [1.807, 2.05) is 6.08 Å². The lowest BCUT2D eigenvalue weighted by molar-refractivity contribution is -0.386. The number of ether oxygens (including phenoxy) is 12. The van der Waals surface area contributed by atoms with Gasteiger partial charge in [0.2, 0.25) is 17.7 Å². The molecule has 32 atom stereocenters. The predicted molar refractivity (Wildman–Crippen MR) is 392 cm³/mol. The zero-order valence-electron chi connectivity index (χ0n) is 65.4. The Morgan fingerprint density at radius 3 is 1.17 bits per heavy atom. The molecule has 6 rings (SSSR count). The number of rotatable bonds is 51. The summed E-state index contributed by atoms with van der Waals surface area (Å²) in [5.41, 5.74) is 0. The summed E-state index contributed by atoms with van der Waals surface area (Å²) in [5.74, 6) is -2.04. The third kappa shape index (κ3) is 29.5. The highest BCUT2D eigenvalue weighted by atomic mass is 16.8. The smallest absolute Gasteiger partial charge is 0.220 e. The molecule has 20 N–H and O–H groups in total. The normalized spacial score (nSPS) is 37.4. The van der Waals surface area contributed by atoms with Gasteiger partial charge in [0.15, 0.2) is 37.7 Å². The molecule has 6 heterocycles. The maximum absolute atomic E-state index is 13.5.